The Labute approximate surface area is 126 Å². The van der Waals surface area contributed by atoms with Gasteiger partial charge in [-0.15, -0.1) is 0 Å². The summed E-state index contributed by atoms with van der Waals surface area (Å²) in [4.78, 5) is 14.8. The van der Waals surface area contributed by atoms with Crippen molar-refractivity contribution < 1.29 is 4.79 Å². The molecule has 1 unspecified atom stereocenters. The largest absolute Gasteiger partial charge is 0.389 e. The first-order chi connectivity index (χ1) is 9.33. The second kappa shape index (κ2) is 5.52. The Morgan fingerprint density at radius 2 is 2.15 bits per heavy atom. The van der Waals surface area contributed by atoms with Crippen molar-refractivity contribution in [2.75, 3.05) is 11.9 Å². The Bertz CT molecular complexity index is 539. The molecule has 1 saturated carbocycles. The highest BCUT2D eigenvalue weighted by Crippen LogP contribution is 2.43. The molecule has 0 bridgehead atoms. The fourth-order valence-electron chi connectivity index (χ4n) is 3.01. The van der Waals surface area contributed by atoms with Gasteiger partial charge in [0.15, 0.2) is 0 Å². The molecule has 1 aromatic carbocycles. The highest BCUT2D eigenvalue weighted by Gasteiger charge is 2.40. The smallest absolute Gasteiger partial charge is 0.230 e. The second-order valence-electron chi connectivity index (χ2n) is 6.25. The minimum absolute atomic E-state index is 0.0894. The van der Waals surface area contributed by atoms with E-state index < -0.39 is 0 Å². The van der Waals surface area contributed by atoms with Gasteiger partial charge >= 0.3 is 0 Å². The zero-order valence-electron chi connectivity index (χ0n) is 12.3. The van der Waals surface area contributed by atoms with Crippen molar-refractivity contribution >= 4 is 28.8 Å². The number of nitrogens with two attached hydrogens (primary N) is 1. The number of hydrogen-bond acceptors (Lipinski definition) is 2. The summed E-state index contributed by atoms with van der Waals surface area (Å²) in [5.41, 5.74) is 7.39. The monoisotopic (exact) mass is 290 g/mol. The van der Waals surface area contributed by atoms with E-state index in [1.807, 2.05) is 31.3 Å². The highest BCUT2D eigenvalue weighted by atomic mass is 32.1. The minimum Gasteiger partial charge on any atom is -0.389 e. The summed E-state index contributed by atoms with van der Waals surface area (Å²) in [6.07, 6.45) is 3.22. The van der Waals surface area contributed by atoms with Crippen LogP contribution in [0.5, 0.6) is 0 Å². The first kappa shape index (κ1) is 15.0. The fraction of sp³-hybridized carbons (Fsp3) is 0.500. The number of rotatable bonds is 3. The average molecular weight is 290 g/mol. The van der Waals surface area contributed by atoms with Crippen molar-refractivity contribution in [3.05, 3.63) is 29.8 Å². The molecule has 1 aliphatic rings. The third kappa shape index (κ3) is 2.85. The molecule has 2 rings (SSSR count). The molecular formula is C16H22N2OS. The van der Waals surface area contributed by atoms with E-state index in [1.54, 1.807) is 4.90 Å². The lowest BCUT2D eigenvalue weighted by atomic mass is 9.81. The van der Waals surface area contributed by atoms with Gasteiger partial charge in [0.05, 0.1) is 0 Å². The molecule has 1 amide bonds. The standard InChI is InChI=1S/C16H22N2OS/c1-16(2)9-5-8-13(16)15(19)18(3)12-7-4-6-11(10-12)14(17)20/h4,6-7,10,13H,5,8-9H2,1-3H3,(H2,17,20). The Balaban J connectivity index is 2.23. The van der Waals surface area contributed by atoms with Crippen LogP contribution in [0.15, 0.2) is 24.3 Å². The number of amides is 1. The molecule has 1 fully saturated rings. The van der Waals surface area contributed by atoms with Gasteiger partial charge in [0.25, 0.3) is 0 Å². The lowest BCUT2D eigenvalue weighted by molar-refractivity contribution is -0.124. The van der Waals surface area contributed by atoms with Crippen LogP contribution in [-0.2, 0) is 4.79 Å². The summed E-state index contributed by atoms with van der Waals surface area (Å²) in [6.45, 7) is 4.36. The molecule has 1 aliphatic carbocycles. The van der Waals surface area contributed by atoms with Gasteiger partial charge in [-0.1, -0.05) is 44.6 Å². The number of carbonyl (C=O) groups excluding carboxylic acids is 1. The van der Waals surface area contributed by atoms with Crippen LogP contribution < -0.4 is 10.6 Å². The Morgan fingerprint density at radius 3 is 2.70 bits per heavy atom. The van der Waals surface area contributed by atoms with E-state index in [4.69, 9.17) is 18.0 Å². The van der Waals surface area contributed by atoms with Crippen molar-refractivity contribution in [2.24, 2.45) is 17.1 Å². The van der Waals surface area contributed by atoms with E-state index in [-0.39, 0.29) is 17.2 Å². The number of benzene rings is 1. The molecule has 0 aromatic heterocycles. The molecule has 20 heavy (non-hydrogen) atoms. The molecule has 0 heterocycles. The van der Waals surface area contributed by atoms with Gasteiger partial charge < -0.3 is 10.6 Å². The van der Waals surface area contributed by atoms with Gasteiger partial charge in [-0.2, -0.15) is 0 Å². The maximum atomic E-state index is 12.7. The maximum Gasteiger partial charge on any atom is 0.230 e. The van der Waals surface area contributed by atoms with E-state index in [9.17, 15) is 4.79 Å². The van der Waals surface area contributed by atoms with E-state index in [0.717, 1.165) is 30.5 Å². The SMILES string of the molecule is CN(C(=O)C1CCCC1(C)C)c1cccc(C(N)=S)c1. The summed E-state index contributed by atoms with van der Waals surface area (Å²) in [5, 5.41) is 0. The van der Waals surface area contributed by atoms with Crippen molar-refractivity contribution in [3.63, 3.8) is 0 Å². The van der Waals surface area contributed by atoms with Crippen LogP contribution in [0.25, 0.3) is 0 Å². The average Bonchev–Trinajstić information content (AvgIpc) is 2.76. The van der Waals surface area contributed by atoms with Crippen LogP contribution in [0.4, 0.5) is 5.69 Å². The van der Waals surface area contributed by atoms with Gasteiger partial charge in [-0.25, -0.2) is 0 Å². The lowest BCUT2D eigenvalue weighted by Gasteiger charge is -2.30. The third-order valence-electron chi connectivity index (χ3n) is 4.40. The highest BCUT2D eigenvalue weighted by molar-refractivity contribution is 7.80. The summed E-state index contributed by atoms with van der Waals surface area (Å²) in [6, 6.07) is 7.54. The van der Waals surface area contributed by atoms with Gasteiger partial charge in [0, 0.05) is 24.2 Å². The van der Waals surface area contributed by atoms with Gasteiger partial charge in [0.1, 0.15) is 4.99 Å². The van der Waals surface area contributed by atoms with Crippen LogP contribution in [0.1, 0.15) is 38.7 Å². The first-order valence-corrected chi connectivity index (χ1v) is 7.41. The van der Waals surface area contributed by atoms with Crippen LogP contribution in [0.2, 0.25) is 0 Å². The van der Waals surface area contributed by atoms with E-state index in [1.165, 1.54) is 0 Å². The predicted octanol–water partition coefficient (Wildman–Crippen LogP) is 3.11. The summed E-state index contributed by atoms with van der Waals surface area (Å²) in [7, 11) is 1.83. The van der Waals surface area contributed by atoms with Gasteiger partial charge in [-0.05, 0) is 30.4 Å². The summed E-state index contributed by atoms with van der Waals surface area (Å²) < 4.78 is 0. The van der Waals surface area contributed by atoms with Crippen molar-refractivity contribution in [1.82, 2.24) is 0 Å². The van der Waals surface area contributed by atoms with Crippen LogP contribution >= 0.6 is 12.2 Å². The van der Waals surface area contributed by atoms with Crippen LogP contribution in [0, 0.1) is 11.3 Å². The van der Waals surface area contributed by atoms with E-state index in [0.29, 0.717) is 4.99 Å². The van der Waals surface area contributed by atoms with Crippen molar-refractivity contribution in [1.29, 1.82) is 0 Å². The van der Waals surface area contributed by atoms with E-state index >= 15 is 0 Å². The number of thiocarbonyl (C=S) groups is 1. The Kier molecular flexibility index (Phi) is 4.14. The van der Waals surface area contributed by atoms with Crippen LogP contribution in [0.3, 0.4) is 0 Å². The molecule has 1 atom stereocenters. The maximum absolute atomic E-state index is 12.7. The molecule has 108 valence electrons. The molecule has 0 saturated heterocycles. The van der Waals surface area contributed by atoms with Gasteiger partial charge in [-0.3, -0.25) is 4.79 Å². The number of hydrogen-bond donors (Lipinski definition) is 1. The van der Waals surface area contributed by atoms with Crippen molar-refractivity contribution in [3.8, 4) is 0 Å². The summed E-state index contributed by atoms with van der Waals surface area (Å²) >= 11 is 4.99. The Morgan fingerprint density at radius 1 is 1.45 bits per heavy atom. The lowest BCUT2D eigenvalue weighted by Crippen LogP contribution is -2.37. The normalized spacial score (nSPS) is 20.6. The number of carbonyl (C=O) groups is 1. The first-order valence-electron chi connectivity index (χ1n) is 7.00. The zero-order chi connectivity index (χ0) is 14.9. The molecular weight excluding hydrogens is 268 g/mol. The van der Waals surface area contributed by atoms with Crippen LogP contribution in [-0.4, -0.2) is 17.9 Å². The second-order valence-corrected chi connectivity index (χ2v) is 6.69. The fourth-order valence-corrected chi connectivity index (χ4v) is 3.14. The quantitative estimate of drug-likeness (QED) is 0.870. The molecule has 4 heteroatoms. The summed E-state index contributed by atoms with van der Waals surface area (Å²) in [5.74, 6) is 0.286. The molecule has 2 N–H and O–H groups in total. The predicted molar refractivity (Wildman–Crippen MR) is 86.9 cm³/mol. The number of nitrogens with zero attached hydrogens (tertiary/aromatic N) is 1. The van der Waals surface area contributed by atoms with E-state index in [2.05, 4.69) is 13.8 Å². The molecule has 1 aromatic rings. The molecule has 0 spiro atoms. The Hall–Kier alpha value is -1.42. The molecule has 3 nitrogen and oxygen atoms in total. The zero-order valence-corrected chi connectivity index (χ0v) is 13.2. The minimum atomic E-state index is 0.0894. The topological polar surface area (TPSA) is 46.3 Å². The van der Waals surface area contributed by atoms with Gasteiger partial charge in [0.2, 0.25) is 5.91 Å². The van der Waals surface area contributed by atoms with Crippen molar-refractivity contribution in [2.45, 2.75) is 33.1 Å². The number of anilines is 1. The third-order valence-corrected chi connectivity index (χ3v) is 4.64. The molecule has 0 aliphatic heterocycles. The molecule has 0 radical (unpaired) electrons.